The van der Waals surface area contributed by atoms with E-state index in [1.54, 1.807) is 29.7 Å². The molecule has 0 aliphatic carbocycles. The molecule has 0 N–H and O–H groups in total. The van der Waals surface area contributed by atoms with E-state index in [2.05, 4.69) is 45.4 Å². The van der Waals surface area contributed by atoms with Crippen LogP contribution in [0.2, 0.25) is 17.3 Å². The van der Waals surface area contributed by atoms with Crippen molar-refractivity contribution in [1.29, 1.82) is 0 Å². The Kier molecular flexibility index (Phi) is 6.95. The molecule has 7 rings (SSSR count). The number of pyridine rings is 2. The first-order valence-corrected chi connectivity index (χ1v) is 21.7. The third-order valence-corrected chi connectivity index (χ3v) is 12.3. The topological polar surface area (TPSA) is 25.8 Å². The van der Waals surface area contributed by atoms with Gasteiger partial charge in [0.1, 0.15) is 0 Å². The number of hydrogen-bond donors (Lipinski definition) is 0. The van der Waals surface area contributed by atoms with Gasteiger partial charge in [-0.1, -0.05) is 59.9 Å². The Hall–Kier alpha value is -3.41. The molecular formula is C38H32GeIrN2S-2. The molecule has 43 heavy (non-hydrogen) atoms. The third-order valence-electron chi connectivity index (χ3n) is 6.86. The van der Waals surface area contributed by atoms with Crippen molar-refractivity contribution >= 4 is 49.2 Å². The summed E-state index contributed by atoms with van der Waals surface area (Å²) in [5, 5.41) is 2.14. The summed E-state index contributed by atoms with van der Waals surface area (Å²) < 4.78 is 65.6. The van der Waals surface area contributed by atoms with Gasteiger partial charge in [0.15, 0.2) is 0 Å². The first-order chi connectivity index (χ1) is 23.6. The second-order valence-corrected chi connectivity index (χ2v) is 22.5. The molecule has 0 atom stereocenters. The van der Waals surface area contributed by atoms with Crippen LogP contribution in [0.5, 0.6) is 0 Å². The summed E-state index contributed by atoms with van der Waals surface area (Å²) in [5.74, 6) is 6.98. The standard InChI is InChI=1S/C23H14NS.C15H18GeN.Ir/c1-2-7-16(8-3-1)17-12-13-18-19-9-6-10-20(21-11-4-5-14-24-21)23(19)25-22(18)15-17;1-12-5-7-13(8-6-12)15-10-9-14(11-17-15)16(2,3)4;/h1-9,11-15H;5-7,9-11H,1-4H3;/q2*-1;/i1D,2D,3D,7D,8D;1D3;. The zero-order chi connectivity index (χ0) is 36.0. The van der Waals surface area contributed by atoms with Crippen molar-refractivity contribution in [2.75, 3.05) is 0 Å². The summed E-state index contributed by atoms with van der Waals surface area (Å²) in [5.41, 5.74) is 4.57. The molecule has 4 aromatic carbocycles. The van der Waals surface area contributed by atoms with Crippen molar-refractivity contribution in [1.82, 2.24) is 9.97 Å². The van der Waals surface area contributed by atoms with Gasteiger partial charge >= 0.3 is 110 Å². The Morgan fingerprint density at radius 2 is 1.67 bits per heavy atom. The fraction of sp³-hybridized carbons (Fsp3) is 0.105. The molecule has 3 aromatic heterocycles. The Bertz CT molecular complexity index is 2250. The molecule has 0 spiro atoms. The summed E-state index contributed by atoms with van der Waals surface area (Å²) in [4.78, 5) is 8.93. The molecule has 5 heteroatoms. The van der Waals surface area contributed by atoms with E-state index in [0.717, 1.165) is 42.7 Å². The maximum absolute atomic E-state index is 8.25. The van der Waals surface area contributed by atoms with Crippen LogP contribution in [0, 0.1) is 19.0 Å². The van der Waals surface area contributed by atoms with Gasteiger partial charge in [-0.15, -0.1) is 23.8 Å². The van der Waals surface area contributed by atoms with E-state index in [4.69, 9.17) is 11.0 Å². The van der Waals surface area contributed by atoms with Crippen molar-refractivity contribution in [3.8, 4) is 33.6 Å². The minimum Gasteiger partial charge on any atom is -0.305 e. The van der Waals surface area contributed by atoms with Crippen molar-refractivity contribution < 1.29 is 31.1 Å². The smallest absolute Gasteiger partial charge is 0.0629 e. The number of nitrogens with zero attached hydrogens (tertiary/aromatic N) is 2. The maximum atomic E-state index is 8.25. The van der Waals surface area contributed by atoms with E-state index in [0.29, 0.717) is 11.1 Å². The zero-order valence-corrected chi connectivity index (χ0v) is 29.1. The fourth-order valence-corrected chi connectivity index (χ4v) is 7.99. The minimum atomic E-state index is -2.08. The van der Waals surface area contributed by atoms with Crippen LogP contribution in [0.15, 0.2) is 121 Å². The van der Waals surface area contributed by atoms with Crippen LogP contribution in [0.25, 0.3) is 53.8 Å². The van der Waals surface area contributed by atoms with Gasteiger partial charge in [0, 0.05) is 31.0 Å². The van der Waals surface area contributed by atoms with Crippen LogP contribution in [0.3, 0.4) is 0 Å². The monoisotopic (exact) mass is 823 g/mol. The molecule has 0 unspecified atom stereocenters. The summed E-state index contributed by atoms with van der Waals surface area (Å²) >= 11 is -0.240. The van der Waals surface area contributed by atoms with E-state index in [-0.39, 0.29) is 55.9 Å². The number of benzene rings is 4. The van der Waals surface area contributed by atoms with Gasteiger partial charge < -0.3 is 4.98 Å². The van der Waals surface area contributed by atoms with E-state index in [1.165, 1.54) is 10.5 Å². The molecule has 7 aromatic rings. The molecule has 1 radical (unpaired) electrons. The van der Waals surface area contributed by atoms with Crippen molar-refractivity contribution in [3.05, 3.63) is 139 Å². The second-order valence-electron chi connectivity index (χ2n) is 10.8. The Balaban J connectivity index is 0.000000211. The van der Waals surface area contributed by atoms with E-state index < -0.39 is 20.1 Å². The number of aryl methyl sites for hydroxylation is 1. The number of thiophene rings is 1. The molecular weight excluding hydrogens is 781 g/mol. The molecule has 2 nitrogen and oxygen atoms in total. The summed E-state index contributed by atoms with van der Waals surface area (Å²) in [6.07, 6.45) is 3.70. The molecule has 0 saturated carbocycles. The molecule has 0 amide bonds. The predicted octanol–water partition coefficient (Wildman–Crippen LogP) is 9.98. The maximum Gasteiger partial charge on any atom is 0.0629 e. The third kappa shape index (κ3) is 7.05. The second kappa shape index (κ2) is 13.5. The van der Waals surface area contributed by atoms with Gasteiger partial charge in [0.05, 0.1) is 6.85 Å². The van der Waals surface area contributed by atoms with Gasteiger partial charge in [0.25, 0.3) is 0 Å². The quantitative estimate of drug-likeness (QED) is 0.131. The molecule has 0 saturated heterocycles. The fourth-order valence-electron chi connectivity index (χ4n) is 4.57. The van der Waals surface area contributed by atoms with Gasteiger partial charge in [0.2, 0.25) is 0 Å². The summed E-state index contributed by atoms with van der Waals surface area (Å²) in [6.45, 7) is -2.08. The zero-order valence-electron chi connectivity index (χ0n) is 31.8. The normalized spacial score (nSPS) is 14.0. The largest absolute Gasteiger partial charge is 0.305 e. The SMILES string of the molecule is [2H]C([2H])([2H])c1c[c-]c(-c2cc[c]([Ge]([CH3])([CH3])[CH3])cn2)cc1.[2H]c1c([2H])c([2H])c(-c2ccc3c(c2)sc2c(-c4ccccn4)[c-]ccc23)c([2H])c1[2H].[Ir]. The molecule has 3 heterocycles. The van der Waals surface area contributed by atoms with Crippen molar-refractivity contribution in [2.24, 2.45) is 0 Å². The summed E-state index contributed by atoms with van der Waals surface area (Å²) in [7, 11) is 0. The van der Waals surface area contributed by atoms with E-state index >= 15 is 0 Å². The molecule has 0 aliphatic rings. The van der Waals surface area contributed by atoms with Gasteiger partial charge in [-0.2, -0.15) is 11.3 Å². The number of fused-ring (bicyclic) bond motifs is 3. The van der Waals surface area contributed by atoms with E-state index in [9.17, 15) is 0 Å². The Morgan fingerprint density at radius 1 is 0.814 bits per heavy atom. The van der Waals surface area contributed by atoms with Crippen LogP contribution < -0.4 is 4.40 Å². The first kappa shape index (κ1) is 22.2. The molecule has 215 valence electrons. The average Bonchev–Trinajstić information content (AvgIpc) is 3.48. The van der Waals surface area contributed by atoms with Gasteiger partial charge in [-0.3, -0.25) is 0 Å². The van der Waals surface area contributed by atoms with Gasteiger partial charge in [-0.25, -0.2) is 0 Å². The van der Waals surface area contributed by atoms with Crippen LogP contribution in [-0.4, -0.2) is 23.2 Å². The van der Waals surface area contributed by atoms with E-state index in [1.807, 2.05) is 60.8 Å². The number of hydrogen-bond acceptors (Lipinski definition) is 3. The number of rotatable bonds is 4. The van der Waals surface area contributed by atoms with Crippen LogP contribution in [-0.2, 0) is 20.1 Å². The van der Waals surface area contributed by atoms with Crippen LogP contribution in [0.1, 0.15) is 16.5 Å². The molecule has 0 aliphatic heterocycles. The van der Waals surface area contributed by atoms with Crippen LogP contribution >= 0.6 is 11.3 Å². The molecule has 0 fully saturated rings. The van der Waals surface area contributed by atoms with Crippen LogP contribution in [0.4, 0.5) is 0 Å². The molecule has 0 bridgehead atoms. The number of aromatic nitrogens is 2. The summed E-state index contributed by atoms with van der Waals surface area (Å²) in [6, 6.07) is 29.3. The average molecular weight is 822 g/mol. The Morgan fingerprint density at radius 3 is 2.35 bits per heavy atom. The first-order valence-electron chi connectivity index (χ1n) is 17.5. The Labute approximate surface area is 285 Å². The van der Waals surface area contributed by atoms with Gasteiger partial charge in [-0.05, 0) is 39.0 Å². The minimum absolute atomic E-state index is 0. The predicted molar refractivity (Wildman–Crippen MR) is 183 cm³/mol. The van der Waals surface area contributed by atoms with Crippen molar-refractivity contribution in [3.63, 3.8) is 0 Å². The van der Waals surface area contributed by atoms with Crippen molar-refractivity contribution in [2.45, 2.75) is 24.1 Å².